The van der Waals surface area contributed by atoms with Crippen LogP contribution in [-0.4, -0.2) is 49.5 Å². The Morgan fingerprint density at radius 3 is 2.57 bits per heavy atom. The van der Waals surface area contributed by atoms with E-state index in [0.29, 0.717) is 26.2 Å². The number of likely N-dealkylation sites (tertiary alicyclic amines) is 1. The minimum atomic E-state index is -4.60. The Balaban J connectivity index is 1.70. The SMILES string of the molecule is Nc1ccc(O[C@@H]2CCN(C3COC3)C[C@H]2F)c(C(F)(F)F)c1. The Labute approximate surface area is 131 Å². The monoisotopic (exact) mass is 334 g/mol. The summed E-state index contributed by atoms with van der Waals surface area (Å²) in [4.78, 5) is 1.96. The zero-order valence-electron chi connectivity index (χ0n) is 12.4. The number of rotatable bonds is 3. The Morgan fingerprint density at radius 1 is 1.26 bits per heavy atom. The molecule has 0 aliphatic carbocycles. The lowest BCUT2D eigenvalue weighted by Gasteiger charge is -2.42. The van der Waals surface area contributed by atoms with Crippen molar-refractivity contribution in [2.45, 2.75) is 30.9 Å². The van der Waals surface area contributed by atoms with Gasteiger partial charge in [-0.3, -0.25) is 4.90 Å². The Kier molecular flexibility index (Phi) is 4.37. The molecule has 4 nitrogen and oxygen atoms in total. The van der Waals surface area contributed by atoms with E-state index >= 15 is 0 Å². The molecular weight excluding hydrogens is 316 g/mol. The third-order valence-corrected chi connectivity index (χ3v) is 4.24. The quantitative estimate of drug-likeness (QED) is 0.681. The maximum Gasteiger partial charge on any atom is 0.420 e. The number of piperidine rings is 1. The van der Waals surface area contributed by atoms with Gasteiger partial charge in [0.15, 0.2) is 0 Å². The van der Waals surface area contributed by atoms with Crippen LogP contribution in [0.25, 0.3) is 0 Å². The second kappa shape index (κ2) is 6.16. The summed E-state index contributed by atoms with van der Waals surface area (Å²) in [5.41, 5.74) is 4.42. The van der Waals surface area contributed by atoms with Crippen LogP contribution in [-0.2, 0) is 10.9 Å². The van der Waals surface area contributed by atoms with Crippen molar-refractivity contribution >= 4 is 5.69 Å². The number of benzene rings is 1. The zero-order valence-corrected chi connectivity index (χ0v) is 12.4. The lowest BCUT2D eigenvalue weighted by atomic mass is 10.0. The van der Waals surface area contributed by atoms with E-state index in [4.69, 9.17) is 15.2 Å². The molecule has 8 heteroatoms. The molecule has 128 valence electrons. The third kappa shape index (κ3) is 3.53. The van der Waals surface area contributed by atoms with Crippen LogP contribution >= 0.6 is 0 Å². The zero-order chi connectivity index (χ0) is 16.6. The second-order valence-electron chi connectivity index (χ2n) is 5.90. The van der Waals surface area contributed by atoms with E-state index < -0.39 is 24.0 Å². The maximum atomic E-state index is 14.3. The molecule has 2 fully saturated rings. The van der Waals surface area contributed by atoms with Gasteiger partial charge in [0, 0.05) is 18.8 Å². The van der Waals surface area contributed by atoms with Crippen LogP contribution in [0.15, 0.2) is 18.2 Å². The van der Waals surface area contributed by atoms with Crippen LogP contribution < -0.4 is 10.5 Å². The van der Waals surface area contributed by atoms with Crippen molar-refractivity contribution in [3.05, 3.63) is 23.8 Å². The van der Waals surface area contributed by atoms with Gasteiger partial charge in [0.2, 0.25) is 0 Å². The molecule has 0 amide bonds. The first kappa shape index (κ1) is 16.3. The molecule has 0 aromatic heterocycles. The molecule has 2 aliphatic rings. The number of halogens is 4. The molecule has 0 saturated carbocycles. The van der Waals surface area contributed by atoms with Gasteiger partial charge in [0.25, 0.3) is 0 Å². The highest BCUT2D eigenvalue weighted by molar-refractivity contribution is 5.49. The molecule has 1 aromatic carbocycles. The van der Waals surface area contributed by atoms with Crippen LogP contribution in [0, 0.1) is 0 Å². The molecule has 2 aliphatic heterocycles. The number of nitrogens with zero attached hydrogens (tertiary/aromatic N) is 1. The molecule has 0 unspecified atom stereocenters. The highest BCUT2D eigenvalue weighted by Gasteiger charge is 2.39. The summed E-state index contributed by atoms with van der Waals surface area (Å²) in [6, 6.07) is 3.48. The smallest absolute Gasteiger partial charge is 0.420 e. The van der Waals surface area contributed by atoms with Crippen molar-refractivity contribution in [1.29, 1.82) is 0 Å². The van der Waals surface area contributed by atoms with Gasteiger partial charge in [0.1, 0.15) is 18.0 Å². The molecular formula is C15H18F4N2O2. The van der Waals surface area contributed by atoms with Crippen LogP contribution in [0.3, 0.4) is 0 Å². The molecule has 2 heterocycles. The molecule has 0 radical (unpaired) electrons. The summed E-state index contributed by atoms with van der Waals surface area (Å²) in [5, 5.41) is 0. The number of nitrogens with two attached hydrogens (primary N) is 1. The Hall–Kier alpha value is -1.54. The normalized spacial score (nSPS) is 26.8. The fraction of sp³-hybridized carbons (Fsp3) is 0.600. The predicted octanol–water partition coefficient (Wildman–Crippen LogP) is 2.48. The van der Waals surface area contributed by atoms with Crippen LogP contribution in [0.2, 0.25) is 0 Å². The van der Waals surface area contributed by atoms with Crippen molar-refractivity contribution in [3.8, 4) is 5.75 Å². The molecule has 2 atom stereocenters. The molecule has 2 N–H and O–H groups in total. The van der Waals surface area contributed by atoms with E-state index in [1.807, 2.05) is 4.90 Å². The van der Waals surface area contributed by atoms with E-state index in [9.17, 15) is 17.6 Å². The summed E-state index contributed by atoms with van der Waals surface area (Å²) < 4.78 is 63.9. The summed E-state index contributed by atoms with van der Waals surface area (Å²) in [7, 11) is 0. The van der Waals surface area contributed by atoms with Crippen molar-refractivity contribution in [2.75, 3.05) is 32.0 Å². The average molecular weight is 334 g/mol. The number of ether oxygens (including phenoxy) is 2. The molecule has 2 saturated heterocycles. The number of hydrogen-bond acceptors (Lipinski definition) is 4. The van der Waals surface area contributed by atoms with Crippen molar-refractivity contribution in [1.82, 2.24) is 4.90 Å². The van der Waals surface area contributed by atoms with Crippen LogP contribution in [0.4, 0.5) is 23.2 Å². The highest BCUT2D eigenvalue weighted by Crippen LogP contribution is 2.38. The summed E-state index contributed by atoms with van der Waals surface area (Å²) in [6.07, 6.45) is -6.50. The van der Waals surface area contributed by atoms with E-state index in [-0.39, 0.29) is 24.0 Å². The van der Waals surface area contributed by atoms with E-state index in [1.54, 1.807) is 0 Å². The van der Waals surface area contributed by atoms with Gasteiger partial charge < -0.3 is 15.2 Å². The average Bonchev–Trinajstić information content (AvgIpc) is 2.40. The fourth-order valence-electron chi connectivity index (χ4n) is 2.84. The van der Waals surface area contributed by atoms with Crippen LogP contribution in [0.5, 0.6) is 5.75 Å². The fourth-order valence-corrected chi connectivity index (χ4v) is 2.84. The maximum absolute atomic E-state index is 14.3. The second-order valence-corrected chi connectivity index (χ2v) is 5.90. The third-order valence-electron chi connectivity index (χ3n) is 4.24. The van der Waals surface area contributed by atoms with Gasteiger partial charge in [-0.2, -0.15) is 13.2 Å². The Morgan fingerprint density at radius 2 is 2.00 bits per heavy atom. The topological polar surface area (TPSA) is 47.7 Å². The predicted molar refractivity (Wildman–Crippen MR) is 76.0 cm³/mol. The number of nitrogen functional groups attached to an aromatic ring is 1. The molecule has 3 rings (SSSR count). The minimum Gasteiger partial charge on any atom is -0.487 e. The van der Waals surface area contributed by atoms with Gasteiger partial charge in [-0.1, -0.05) is 0 Å². The summed E-state index contributed by atoms with van der Waals surface area (Å²) >= 11 is 0. The van der Waals surface area contributed by atoms with Gasteiger partial charge in [0.05, 0.1) is 24.8 Å². The van der Waals surface area contributed by atoms with Gasteiger partial charge in [-0.05, 0) is 24.6 Å². The van der Waals surface area contributed by atoms with Gasteiger partial charge in [-0.25, -0.2) is 4.39 Å². The van der Waals surface area contributed by atoms with Crippen molar-refractivity contribution in [2.24, 2.45) is 0 Å². The lowest BCUT2D eigenvalue weighted by molar-refractivity contribution is -0.140. The molecule has 23 heavy (non-hydrogen) atoms. The van der Waals surface area contributed by atoms with Crippen LogP contribution in [0.1, 0.15) is 12.0 Å². The highest BCUT2D eigenvalue weighted by atomic mass is 19.4. The number of anilines is 1. The largest absolute Gasteiger partial charge is 0.487 e. The first-order valence-electron chi connectivity index (χ1n) is 7.44. The van der Waals surface area contributed by atoms with Gasteiger partial charge >= 0.3 is 6.18 Å². The first-order valence-corrected chi connectivity index (χ1v) is 7.44. The minimum absolute atomic E-state index is 0.0127. The number of alkyl halides is 4. The van der Waals surface area contributed by atoms with Crippen molar-refractivity contribution in [3.63, 3.8) is 0 Å². The van der Waals surface area contributed by atoms with Gasteiger partial charge in [-0.15, -0.1) is 0 Å². The van der Waals surface area contributed by atoms with E-state index in [2.05, 4.69) is 0 Å². The summed E-state index contributed by atoms with van der Waals surface area (Å²) in [6.45, 7) is 1.88. The number of hydrogen-bond donors (Lipinski definition) is 1. The first-order chi connectivity index (χ1) is 10.8. The standard InChI is InChI=1S/C15H18F4N2O2/c16-12-6-21(10-7-22-8-10)4-3-14(12)23-13-2-1-9(20)5-11(13)15(17,18)19/h1-2,5,10,12,14H,3-4,6-8,20H2/t12-,14-/m1/s1. The molecule has 1 aromatic rings. The lowest BCUT2D eigenvalue weighted by Crippen LogP contribution is -2.56. The Bertz CT molecular complexity index is 563. The molecule has 0 bridgehead atoms. The van der Waals surface area contributed by atoms with E-state index in [0.717, 1.165) is 12.1 Å². The van der Waals surface area contributed by atoms with E-state index in [1.165, 1.54) is 6.07 Å². The summed E-state index contributed by atoms with van der Waals surface area (Å²) in [5.74, 6) is -0.375. The van der Waals surface area contributed by atoms with Crippen molar-refractivity contribution < 1.29 is 27.0 Å². The molecule has 0 spiro atoms.